The average molecular weight is 252 g/mol. The fourth-order valence-electron chi connectivity index (χ4n) is 1.25. The van der Waals surface area contributed by atoms with Gasteiger partial charge < -0.3 is 10.5 Å². The Balaban J connectivity index is 2.24. The minimum absolute atomic E-state index is 0.704. The lowest BCUT2D eigenvalue weighted by atomic mass is 10.3. The summed E-state index contributed by atoms with van der Waals surface area (Å²) in [5.41, 5.74) is 7.53. The first-order chi connectivity index (χ1) is 7.67. The minimum Gasteiger partial charge on any atom is -0.497 e. The molecule has 0 saturated carbocycles. The summed E-state index contributed by atoms with van der Waals surface area (Å²) in [6.07, 6.45) is 0. The van der Waals surface area contributed by atoms with Crippen LogP contribution >= 0.6 is 23.1 Å². The Bertz CT molecular complexity index is 496. The molecule has 0 aliphatic rings. The number of hydrogen-bond donors (Lipinski definition) is 1. The second-order valence-electron chi connectivity index (χ2n) is 3.30. The molecule has 5 heteroatoms. The summed E-state index contributed by atoms with van der Waals surface area (Å²) in [6.45, 7) is 1.99. The Kier molecular flexibility index (Phi) is 3.36. The minimum atomic E-state index is 0.704. The third kappa shape index (κ3) is 2.68. The van der Waals surface area contributed by atoms with Crippen LogP contribution in [0.25, 0.3) is 0 Å². The number of benzene rings is 1. The highest BCUT2D eigenvalue weighted by atomic mass is 32.2. The molecule has 0 aliphatic carbocycles. The Labute approximate surface area is 103 Å². The average Bonchev–Trinajstić information content (AvgIpc) is 2.63. The topological polar surface area (TPSA) is 48.1 Å². The Morgan fingerprint density at radius 1 is 1.38 bits per heavy atom. The third-order valence-electron chi connectivity index (χ3n) is 1.94. The number of nitrogens with zero attached hydrogens (tertiary/aromatic N) is 1. The molecule has 2 N–H and O–H groups in total. The largest absolute Gasteiger partial charge is 0.497 e. The molecule has 0 spiro atoms. The van der Waals surface area contributed by atoms with Crippen molar-refractivity contribution in [3.8, 4) is 5.75 Å². The van der Waals surface area contributed by atoms with Gasteiger partial charge in [-0.2, -0.15) is 0 Å². The zero-order valence-electron chi connectivity index (χ0n) is 9.06. The van der Waals surface area contributed by atoms with Gasteiger partial charge in [0, 0.05) is 27.7 Å². The number of rotatable bonds is 3. The Hall–Kier alpha value is -1.20. The van der Waals surface area contributed by atoms with Gasteiger partial charge in [-0.15, -0.1) is 11.3 Å². The summed E-state index contributed by atoms with van der Waals surface area (Å²) in [7, 11) is 1.64. The molecule has 1 heterocycles. The van der Waals surface area contributed by atoms with Crippen LogP contribution in [-0.2, 0) is 0 Å². The van der Waals surface area contributed by atoms with Crippen LogP contribution in [0.2, 0.25) is 0 Å². The molecule has 1 aromatic heterocycles. The number of methoxy groups -OCH3 is 1. The predicted molar refractivity (Wildman–Crippen MR) is 68.4 cm³/mol. The van der Waals surface area contributed by atoms with E-state index in [9.17, 15) is 0 Å². The van der Waals surface area contributed by atoms with Gasteiger partial charge in [-0.05, 0) is 19.1 Å². The van der Waals surface area contributed by atoms with Crippen molar-refractivity contribution in [1.82, 2.24) is 4.98 Å². The number of aryl methyl sites for hydroxylation is 1. The van der Waals surface area contributed by atoms with E-state index in [4.69, 9.17) is 10.5 Å². The van der Waals surface area contributed by atoms with E-state index < -0.39 is 0 Å². The van der Waals surface area contributed by atoms with Crippen molar-refractivity contribution in [3.05, 3.63) is 29.3 Å². The van der Waals surface area contributed by atoms with E-state index in [-0.39, 0.29) is 0 Å². The van der Waals surface area contributed by atoms with Crippen LogP contribution in [0.15, 0.2) is 32.8 Å². The van der Waals surface area contributed by atoms with Crippen LogP contribution in [0.3, 0.4) is 0 Å². The third-order valence-corrected chi connectivity index (χ3v) is 3.97. The smallest absolute Gasteiger partial charge is 0.154 e. The second kappa shape index (κ2) is 4.76. The van der Waals surface area contributed by atoms with Crippen molar-refractivity contribution in [2.75, 3.05) is 12.8 Å². The zero-order chi connectivity index (χ0) is 11.5. The highest BCUT2D eigenvalue weighted by Gasteiger charge is 2.04. The first-order valence-corrected chi connectivity index (χ1v) is 6.41. The van der Waals surface area contributed by atoms with E-state index in [0.717, 1.165) is 20.7 Å². The molecule has 0 fully saturated rings. The van der Waals surface area contributed by atoms with Gasteiger partial charge >= 0.3 is 0 Å². The number of aromatic nitrogens is 1. The van der Waals surface area contributed by atoms with Gasteiger partial charge in [0.25, 0.3) is 0 Å². The van der Waals surface area contributed by atoms with Gasteiger partial charge in [-0.25, -0.2) is 4.98 Å². The first kappa shape index (κ1) is 11.3. The van der Waals surface area contributed by atoms with Gasteiger partial charge in [0.05, 0.1) is 7.11 Å². The van der Waals surface area contributed by atoms with E-state index in [1.165, 1.54) is 0 Å². The molecule has 3 nitrogen and oxygen atoms in total. The van der Waals surface area contributed by atoms with E-state index in [0.29, 0.717) is 5.69 Å². The number of nitrogen functional groups attached to an aromatic ring is 1. The van der Waals surface area contributed by atoms with Crippen molar-refractivity contribution in [3.63, 3.8) is 0 Å². The standard InChI is InChI=1S/C11H12N2OS2/c1-7-6-15-11(13-7)16-10-4-8(12)3-9(5-10)14-2/h3-6H,12H2,1-2H3. The number of thiazole rings is 1. The molecule has 84 valence electrons. The molecule has 0 saturated heterocycles. The summed E-state index contributed by atoms with van der Waals surface area (Å²) in [4.78, 5) is 5.44. The number of hydrogen-bond acceptors (Lipinski definition) is 5. The van der Waals surface area contributed by atoms with Gasteiger partial charge in [0.2, 0.25) is 0 Å². The van der Waals surface area contributed by atoms with Crippen molar-refractivity contribution in [2.45, 2.75) is 16.2 Å². The van der Waals surface area contributed by atoms with E-state index in [1.807, 2.05) is 24.4 Å². The maximum atomic E-state index is 5.78. The lowest BCUT2D eigenvalue weighted by Crippen LogP contribution is -1.89. The molecule has 0 radical (unpaired) electrons. The molecule has 0 bridgehead atoms. The van der Waals surface area contributed by atoms with E-state index in [2.05, 4.69) is 4.98 Å². The maximum Gasteiger partial charge on any atom is 0.154 e. The van der Waals surface area contributed by atoms with Crippen LogP contribution in [0.5, 0.6) is 5.75 Å². The second-order valence-corrected chi connectivity index (χ2v) is 5.48. The number of anilines is 1. The van der Waals surface area contributed by atoms with Crippen molar-refractivity contribution in [1.29, 1.82) is 0 Å². The predicted octanol–water partition coefficient (Wildman–Crippen LogP) is 3.19. The monoisotopic (exact) mass is 252 g/mol. The SMILES string of the molecule is COc1cc(N)cc(Sc2nc(C)cs2)c1. The Morgan fingerprint density at radius 2 is 2.19 bits per heavy atom. The molecular formula is C11H12N2OS2. The van der Waals surface area contributed by atoms with Crippen molar-refractivity contribution >= 4 is 28.8 Å². The fourth-order valence-corrected chi connectivity index (χ4v) is 3.16. The number of ether oxygens (including phenoxy) is 1. The molecule has 0 aliphatic heterocycles. The van der Waals surface area contributed by atoms with Gasteiger partial charge in [0.15, 0.2) is 4.34 Å². The van der Waals surface area contributed by atoms with Crippen LogP contribution in [0, 0.1) is 6.92 Å². The highest BCUT2D eigenvalue weighted by Crippen LogP contribution is 2.33. The van der Waals surface area contributed by atoms with E-state index in [1.54, 1.807) is 36.3 Å². The summed E-state index contributed by atoms with van der Waals surface area (Å²) in [6, 6.07) is 5.68. The number of nitrogens with two attached hydrogens (primary N) is 1. The molecule has 1 aromatic carbocycles. The molecule has 0 unspecified atom stereocenters. The van der Waals surface area contributed by atoms with Crippen LogP contribution in [-0.4, -0.2) is 12.1 Å². The van der Waals surface area contributed by atoms with Gasteiger partial charge in [-0.1, -0.05) is 11.8 Å². The van der Waals surface area contributed by atoms with Crippen molar-refractivity contribution < 1.29 is 4.74 Å². The summed E-state index contributed by atoms with van der Waals surface area (Å²) in [5.74, 6) is 0.774. The quantitative estimate of drug-likeness (QED) is 0.852. The summed E-state index contributed by atoms with van der Waals surface area (Å²) < 4.78 is 6.19. The molecular weight excluding hydrogens is 240 g/mol. The van der Waals surface area contributed by atoms with Crippen LogP contribution < -0.4 is 10.5 Å². The van der Waals surface area contributed by atoms with Crippen molar-refractivity contribution in [2.24, 2.45) is 0 Å². The maximum absolute atomic E-state index is 5.78. The van der Waals surface area contributed by atoms with Crippen LogP contribution in [0.4, 0.5) is 5.69 Å². The Morgan fingerprint density at radius 3 is 2.81 bits per heavy atom. The molecule has 2 aromatic rings. The normalized spacial score (nSPS) is 10.4. The lowest BCUT2D eigenvalue weighted by molar-refractivity contribution is 0.414. The lowest BCUT2D eigenvalue weighted by Gasteiger charge is -2.04. The zero-order valence-corrected chi connectivity index (χ0v) is 10.7. The molecule has 0 amide bonds. The molecule has 2 rings (SSSR count). The van der Waals surface area contributed by atoms with Gasteiger partial charge in [-0.3, -0.25) is 0 Å². The summed E-state index contributed by atoms with van der Waals surface area (Å²) >= 11 is 3.23. The summed E-state index contributed by atoms with van der Waals surface area (Å²) in [5, 5.41) is 2.03. The first-order valence-electron chi connectivity index (χ1n) is 4.72. The van der Waals surface area contributed by atoms with Gasteiger partial charge in [0.1, 0.15) is 5.75 Å². The highest BCUT2D eigenvalue weighted by molar-refractivity contribution is 8.01. The molecule has 16 heavy (non-hydrogen) atoms. The fraction of sp³-hybridized carbons (Fsp3) is 0.182. The van der Waals surface area contributed by atoms with E-state index >= 15 is 0 Å². The molecule has 0 atom stereocenters. The van der Waals surface area contributed by atoms with Crippen LogP contribution in [0.1, 0.15) is 5.69 Å².